The molecule has 0 saturated carbocycles. The second-order valence-electron chi connectivity index (χ2n) is 6.54. The number of carbonyl (C=O) groups is 1. The SMILES string of the molecule is COC(=O)c1cc(S(N)(=O)=O)ccc1NCCCN1CC(C)OC(C)C1. The van der Waals surface area contributed by atoms with E-state index < -0.39 is 16.0 Å². The molecule has 1 saturated heterocycles. The topological polar surface area (TPSA) is 111 Å². The van der Waals surface area contributed by atoms with E-state index in [2.05, 4.69) is 24.1 Å². The summed E-state index contributed by atoms with van der Waals surface area (Å²) in [5.41, 5.74) is 0.667. The lowest BCUT2D eigenvalue weighted by Crippen LogP contribution is -2.45. The second kappa shape index (κ2) is 8.81. The molecule has 1 aromatic rings. The molecule has 146 valence electrons. The molecular weight excluding hydrogens is 358 g/mol. The van der Waals surface area contributed by atoms with Gasteiger partial charge in [0.1, 0.15) is 0 Å². The summed E-state index contributed by atoms with van der Waals surface area (Å²) >= 11 is 0. The molecule has 8 nitrogen and oxygen atoms in total. The Kier molecular flexibility index (Phi) is 6.99. The first kappa shape index (κ1) is 20.6. The third-order valence-electron chi connectivity index (χ3n) is 4.19. The molecule has 2 rings (SSSR count). The van der Waals surface area contributed by atoms with Crippen molar-refractivity contribution in [2.24, 2.45) is 5.14 Å². The molecule has 0 bridgehead atoms. The number of hydrogen-bond acceptors (Lipinski definition) is 7. The number of benzene rings is 1. The minimum Gasteiger partial charge on any atom is -0.465 e. The van der Waals surface area contributed by atoms with Crippen LogP contribution in [0.25, 0.3) is 0 Å². The fraction of sp³-hybridized carbons (Fsp3) is 0.588. The van der Waals surface area contributed by atoms with E-state index in [0.29, 0.717) is 12.2 Å². The average Bonchev–Trinajstić information content (AvgIpc) is 2.56. The van der Waals surface area contributed by atoms with Crippen molar-refractivity contribution in [2.45, 2.75) is 37.4 Å². The summed E-state index contributed by atoms with van der Waals surface area (Å²) in [6, 6.07) is 4.13. The van der Waals surface area contributed by atoms with Gasteiger partial charge in [0, 0.05) is 31.9 Å². The molecule has 0 amide bonds. The summed E-state index contributed by atoms with van der Waals surface area (Å²) in [5.74, 6) is -0.617. The van der Waals surface area contributed by atoms with Gasteiger partial charge < -0.3 is 14.8 Å². The van der Waals surface area contributed by atoms with Gasteiger partial charge in [-0.15, -0.1) is 0 Å². The zero-order chi connectivity index (χ0) is 19.3. The number of nitrogens with zero attached hydrogens (tertiary/aromatic N) is 1. The van der Waals surface area contributed by atoms with Crippen molar-refractivity contribution in [1.29, 1.82) is 0 Å². The average molecular weight is 385 g/mol. The third kappa shape index (κ3) is 5.66. The summed E-state index contributed by atoms with van der Waals surface area (Å²) < 4.78 is 33.4. The number of sulfonamides is 1. The van der Waals surface area contributed by atoms with Gasteiger partial charge in [0.05, 0.1) is 29.8 Å². The molecule has 0 aliphatic carbocycles. The molecule has 1 heterocycles. The van der Waals surface area contributed by atoms with E-state index in [0.717, 1.165) is 26.1 Å². The molecule has 1 aromatic carbocycles. The van der Waals surface area contributed by atoms with Gasteiger partial charge in [-0.05, 0) is 38.5 Å². The Balaban J connectivity index is 1.97. The molecule has 2 unspecified atom stereocenters. The highest BCUT2D eigenvalue weighted by Crippen LogP contribution is 2.21. The van der Waals surface area contributed by atoms with Crippen LogP contribution in [0.3, 0.4) is 0 Å². The zero-order valence-electron chi connectivity index (χ0n) is 15.4. The lowest BCUT2D eigenvalue weighted by Gasteiger charge is -2.35. The van der Waals surface area contributed by atoms with Crippen LogP contribution in [0.4, 0.5) is 5.69 Å². The first-order chi connectivity index (χ1) is 12.2. The summed E-state index contributed by atoms with van der Waals surface area (Å²) in [4.78, 5) is 14.2. The minimum absolute atomic E-state index is 0.125. The Labute approximate surface area is 154 Å². The molecule has 9 heteroatoms. The van der Waals surface area contributed by atoms with Gasteiger partial charge in [-0.3, -0.25) is 4.90 Å². The number of anilines is 1. The van der Waals surface area contributed by atoms with Gasteiger partial charge in [-0.25, -0.2) is 18.4 Å². The summed E-state index contributed by atoms with van der Waals surface area (Å²) in [6.45, 7) is 7.49. The number of morpholine rings is 1. The quantitative estimate of drug-likeness (QED) is 0.533. The van der Waals surface area contributed by atoms with Crippen molar-refractivity contribution in [3.63, 3.8) is 0 Å². The number of nitrogens with two attached hydrogens (primary N) is 1. The Hall–Kier alpha value is -1.68. The monoisotopic (exact) mass is 385 g/mol. The summed E-state index contributed by atoms with van der Waals surface area (Å²) in [7, 11) is -2.64. The van der Waals surface area contributed by atoms with Crippen LogP contribution in [0, 0.1) is 0 Å². The number of hydrogen-bond donors (Lipinski definition) is 2. The van der Waals surface area contributed by atoms with E-state index in [-0.39, 0.29) is 22.7 Å². The highest BCUT2D eigenvalue weighted by molar-refractivity contribution is 7.89. The van der Waals surface area contributed by atoms with Gasteiger partial charge in [0.2, 0.25) is 10.0 Å². The summed E-state index contributed by atoms with van der Waals surface area (Å²) in [5, 5.41) is 8.30. The summed E-state index contributed by atoms with van der Waals surface area (Å²) in [6.07, 6.45) is 1.32. The van der Waals surface area contributed by atoms with Crippen LogP contribution in [0.2, 0.25) is 0 Å². The van der Waals surface area contributed by atoms with Gasteiger partial charge in [-0.2, -0.15) is 0 Å². The van der Waals surface area contributed by atoms with Crippen molar-refractivity contribution in [3.8, 4) is 0 Å². The standard InChI is InChI=1S/C17H27N3O5S/c1-12-10-20(11-13(2)25-12)8-4-7-19-16-6-5-14(26(18,22)23)9-15(16)17(21)24-3/h5-6,9,12-13,19H,4,7-8,10-11H2,1-3H3,(H2,18,22,23). The van der Waals surface area contributed by atoms with Crippen LogP contribution in [0.1, 0.15) is 30.6 Å². The van der Waals surface area contributed by atoms with Crippen molar-refractivity contribution >= 4 is 21.7 Å². The maximum Gasteiger partial charge on any atom is 0.340 e. The highest BCUT2D eigenvalue weighted by atomic mass is 32.2. The zero-order valence-corrected chi connectivity index (χ0v) is 16.2. The number of esters is 1. The fourth-order valence-electron chi connectivity index (χ4n) is 3.13. The van der Waals surface area contributed by atoms with Crippen LogP contribution in [0.5, 0.6) is 0 Å². The highest BCUT2D eigenvalue weighted by Gasteiger charge is 2.21. The van der Waals surface area contributed by atoms with Gasteiger partial charge in [0.25, 0.3) is 0 Å². The van der Waals surface area contributed by atoms with E-state index in [1.54, 1.807) is 0 Å². The first-order valence-electron chi connectivity index (χ1n) is 8.57. The van der Waals surface area contributed by atoms with Crippen molar-refractivity contribution in [1.82, 2.24) is 4.90 Å². The van der Waals surface area contributed by atoms with Crippen LogP contribution in [0.15, 0.2) is 23.1 Å². The molecule has 0 spiro atoms. The van der Waals surface area contributed by atoms with Crippen molar-refractivity contribution < 1.29 is 22.7 Å². The van der Waals surface area contributed by atoms with E-state index in [4.69, 9.17) is 14.6 Å². The fourth-order valence-corrected chi connectivity index (χ4v) is 3.67. The lowest BCUT2D eigenvalue weighted by atomic mass is 10.1. The molecule has 0 radical (unpaired) electrons. The largest absolute Gasteiger partial charge is 0.465 e. The van der Waals surface area contributed by atoms with E-state index in [9.17, 15) is 13.2 Å². The number of primary sulfonamides is 1. The number of rotatable bonds is 7. The second-order valence-corrected chi connectivity index (χ2v) is 8.10. The van der Waals surface area contributed by atoms with Gasteiger partial charge in [0.15, 0.2) is 0 Å². The molecular formula is C17H27N3O5S. The van der Waals surface area contributed by atoms with Gasteiger partial charge >= 0.3 is 5.97 Å². The number of carbonyl (C=O) groups excluding carboxylic acids is 1. The minimum atomic E-state index is -3.89. The Morgan fingerprint density at radius 2 is 2.00 bits per heavy atom. The van der Waals surface area contributed by atoms with Crippen LogP contribution in [-0.2, 0) is 19.5 Å². The van der Waals surface area contributed by atoms with Crippen molar-refractivity contribution in [2.75, 3.05) is 38.6 Å². The molecule has 26 heavy (non-hydrogen) atoms. The third-order valence-corrected chi connectivity index (χ3v) is 5.10. The van der Waals surface area contributed by atoms with Crippen LogP contribution in [-0.4, -0.2) is 64.8 Å². The van der Waals surface area contributed by atoms with E-state index in [1.165, 1.54) is 25.3 Å². The molecule has 3 N–H and O–H groups in total. The smallest absolute Gasteiger partial charge is 0.340 e. The van der Waals surface area contributed by atoms with E-state index in [1.807, 2.05) is 0 Å². The molecule has 0 aromatic heterocycles. The normalized spacial score (nSPS) is 21.4. The van der Waals surface area contributed by atoms with Crippen LogP contribution >= 0.6 is 0 Å². The molecule has 1 aliphatic rings. The lowest BCUT2D eigenvalue weighted by molar-refractivity contribution is -0.0678. The molecule has 2 atom stereocenters. The molecule has 1 fully saturated rings. The predicted molar refractivity (Wildman–Crippen MR) is 98.7 cm³/mol. The van der Waals surface area contributed by atoms with Crippen molar-refractivity contribution in [3.05, 3.63) is 23.8 Å². The van der Waals surface area contributed by atoms with E-state index >= 15 is 0 Å². The number of ether oxygens (including phenoxy) is 2. The maximum atomic E-state index is 11.9. The molecule has 1 aliphatic heterocycles. The number of nitrogens with one attached hydrogen (secondary N) is 1. The number of methoxy groups -OCH3 is 1. The Morgan fingerprint density at radius 3 is 2.58 bits per heavy atom. The first-order valence-corrected chi connectivity index (χ1v) is 10.1. The van der Waals surface area contributed by atoms with Crippen LogP contribution < -0.4 is 10.5 Å². The predicted octanol–water partition coefficient (Wildman–Crippen LogP) is 1.03. The van der Waals surface area contributed by atoms with Gasteiger partial charge in [-0.1, -0.05) is 0 Å². The Bertz CT molecular complexity index is 728. The maximum absolute atomic E-state index is 11.9. The Morgan fingerprint density at radius 1 is 1.35 bits per heavy atom.